The molecule has 0 fully saturated rings. The van der Waals surface area contributed by atoms with Crippen molar-refractivity contribution < 1.29 is 19.4 Å². The van der Waals surface area contributed by atoms with E-state index in [2.05, 4.69) is 4.98 Å². The summed E-state index contributed by atoms with van der Waals surface area (Å²) in [6.07, 6.45) is 0.897. The second-order valence-corrected chi connectivity index (χ2v) is 5.80. The van der Waals surface area contributed by atoms with Crippen molar-refractivity contribution in [3.05, 3.63) is 41.6 Å². The van der Waals surface area contributed by atoms with Crippen LogP contribution in [0.15, 0.2) is 30.3 Å². The van der Waals surface area contributed by atoms with E-state index in [-0.39, 0.29) is 11.5 Å². The minimum Gasteiger partial charge on any atom is -0.497 e. The second kappa shape index (κ2) is 7.81. The van der Waals surface area contributed by atoms with E-state index in [0.29, 0.717) is 29.5 Å². The molecule has 128 valence electrons. The van der Waals surface area contributed by atoms with Gasteiger partial charge in [0.1, 0.15) is 11.5 Å². The first-order valence-corrected chi connectivity index (χ1v) is 8.03. The molecule has 24 heavy (non-hydrogen) atoms. The fraction of sp³-hybridized carbons (Fsp3) is 0.368. The van der Waals surface area contributed by atoms with Crippen LogP contribution in [0.4, 0.5) is 0 Å². The van der Waals surface area contributed by atoms with Gasteiger partial charge in [0.25, 0.3) is 0 Å². The number of benzene rings is 1. The lowest BCUT2D eigenvalue weighted by Crippen LogP contribution is -2.07. The maximum absolute atomic E-state index is 11.4. The number of carbonyl (C=O) groups is 1. The Balaban J connectivity index is 2.57. The molecule has 1 N–H and O–H groups in total. The molecule has 2 rings (SSSR count). The minimum absolute atomic E-state index is 0.00154. The number of carboxylic acid groups (broad SMARTS) is 1. The van der Waals surface area contributed by atoms with Crippen molar-refractivity contribution in [1.29, 1.82) is 0 Å². The summed E-state index contributed by atoms with van der Waals surface area (Å²) in [5.74, 6) is 0.444. The fourth-order valence-corrected chi connectivity index (χ4v) is 2.42. The quantitative estimate of drug-likeness (QED) is 0.817. The van der Waals surface area contributed by atoms with E-state index in [1.807, 2.05) is 39.0 Å². The fourth-order valence-electron chi connectivity index (χ4n) is 2.42. The van der Waals surface area contributed by atoms with Crippen LogP contribution in [-0.4, -0.2) is 29.8 Å². The van der Waals surface area contributed by atoms with Gasteiger partial charge in [0.2, 0.25) is 0 Å². The summed E-state index contributed by atoms with van der Waals surface area (Å²) < 4.78 is 11.1. The molecule has 0 bridgehead atoms. The van der Waals surface area contributed by atoms with Gasteiger partial charge in [-0.2, -0.15) is 0 Å². The highest BCUT2D eigenvalue weighted by Gasteiger charge is 2.17. The molecule has 0 saturated carbocycles. The van der Waals surface area contributed by atoms with Crippen molar-refractivity contribution in [2.45, 2.75) is 33.1 Å². The number of hydrogen-bond acceptors (Lipinski definition) is 4. The largest absolute Gasteiger partial charge is 0.497 e. The SMILES string of the molecule is CCCOc1ccc(OC)cc1-c1ccc(C(=O)O)c(C(C)C)n1. The third kappa shape index (κ3) is 3.85. The molecule has 0 radical (unpaired) electrons. The van der Waals surface area contributed by atoms with E-state index in [1.54, 1.807) is 19.2 Å². The lowest BCUT2D eigenvalue weighted by molar-refractivity contribution is 0.0694. The summed E-state index contributed by atoms with van der Waals surface area (Å²) in [7, 11) is 1.60. The third-order valence-electron chi connectivity index (χ3n) is 3.63. The Morgan fingerprint density at radius 2 is 2.00 bits per heavy atom. The van der Waals surface area contributed by atoms with Crippen LogP contribution in [0.5, 0.6) is 11.5 Å². The molecule has 0 aliphatic heterocycles. The van der Waals surface area contributed by atoms with Gasteiger partial charge in [-0.15, -0.1) is 0 Å². The highest BCUT2D eigenvalue weighted by Crippen LogP contribution is 2.34. The van der Waals surface area contributed by atoms with Crippen LogP contribution in [0.2, 0.25) is 0 Å². The van der Waals surface area contributed by atoms with Gasteiger partial charge in [-0.05, 0) is 42.7 Å². The molecule has 1 aromatic heterocycles. The molecule has 0 spiro atoms. The van der Waals surface area contributed by atoms with Crippen LogP contribution in [0.25, 0.3) is 11.3 Å². The topological polar surface area (TPSA) is 68.7 Å². The normalized spacial score (nSPS) is 10.7. The predicted molar refractivity (Wildman–Crippen MR) is 93.1 cm³/mol. The Hall–Kier alpha value is -2.56. The maximum Gasteiger partial charge on any atom is 0.337 e. The monoisotopic (exact) mass is 329 g/mol. The number of nitrogens with zero attached hydrogens (tertiary/aromatic N) is 1. The van der Waals surface area contributed by atoms with Crippen LogP contribution in [0.3, 0.4) is 0 Å². The Morgan fingerprint density at radius 3 is 2.58 bits per heavy atom. The van der Waals surface area contributed by atoms with Crippen molar-refractivity contribution in [1.82, 2.24) is 4.98 Å². The molecule has 1 aromatic carbocycles. The van der Waals surface area contributed by atoms with Gasteiger partial charge >= 0.3 is 5.97 Å². The van der Waals surface area contributed by atoms with Crippen molar-refractivity contribution in [2.24, 2.45) is 0 Å². The lowest BCUT2D eigenvalue weighted by atomic mass is 10.0. The molecule has 0 unspecified atom stereocenters. The number of methoxy groups -OCH3 is 1. The smallest absolute Gasteiger partial charge is 0.337 e. The van der Waals surface area contributed by atoms with Crippen LogP contribution < -0.4 is 9.47 Å². The zero-order valence-corrected chi connectivity index (χ0v) is 14.5. The van der Waals surface area contributed by atoms with Crippen LogP contribution in [0.1, 0.15) is 49.2 Å². The Labute approximate surface area is 142 Å². The van der Waals surface area contributed by atoms with E-state index < -0.39 is 5.97 Å². The minimum atomic E-state index is -0.967. The average Bonchev–Trinajstić information content (AvgIpc) is 2.59. The molecule has 0 aliphatic carbocycles. The highest BCUT2D eigenvalue weighted by molar-refractivity contribution is 5.89. The van der Waals surface area contributed by atoms with Gasteiger partial charge in [-0.3, -0.25) is 4.98 Å². The van der Waals surface area contributed by atoms with E-state index in [4.69, 9.17) is 9.47 Å². The number of hydrogen-bond donors (Lipinski definition) is 1. The highest BCUT2D eigenvalue weighted by atomic mass is 16.5. The summed E-state index contributed by atoms with van der Waals surface area (Å²) in [6.45, 7) is 6.50. The van der Waals surface area contributed by atoms with Crippen molar-refractivity contribution in [3.8, 4) is 22.8 Å². The number of aromatic nitrogens is 1. The van der Waals surface area contributed by atoms with Crippen LogP contribution >= 0.6 is 0 Å². The van der Waals surface area contributed by atoms with Crippen LogP contribution in [-0.2, 0) is 0 Å². The predicted octanol–water partition coefficient (Wildman–Crippen LogP) is 4.37. The summed E-state index contributed by atoms with van der Waals surface area (Å²) in [6, 6.07) is 8.86. The zero-order valence-electron chi connectivity index (χ0n) is 14.5. The van der Waals surface area contributed by atoms with Crippen molar-refractivity contribution >= 4 is 5.97 Å². The van der Waals surface area contributed by atoms with Gasteiger partial charge in [0.05, 0.1) is 30.7 Å². The molecule has 0 atom stereocenters. The number of aromatic carboxylic acids is 1. The number of rotatable bonds is 7. The standard InChI is InChI=1S/C19H23NO4/c1-5-10-24-17-9-6-13(23-4)11-15(17)16-8-7-14(19(21)22)18(20-16)12(2)3/h6-9,11-12H,5,10H2,1-4H3,(H,21,22). The van der Waals surface area contributed by atoms with Gasteiger partial charge in [-0.25, -0.2) is 4.79 Å². The molecular formula is C19H23NO4. The van der Waals surface area contributed by atoms with Gasteiger partial charge in [0.15, 0.2) is 0 Å². The molecular weight excluding hydrogens is 306 g/mol. The first kappa shape index (κ1) is 17.8. The molecule has 5 nitrogen and oxygen atoms in total. The summed E-state index contributed by atoms with van der Waals surface area (Å²) in [5, 5.41) is 9.34. The summed E-state index contributed by atoms with van der Waals surface area (Å²) in [5.41, 5.74) is 2.26. The Bertz CT molecular complexity index is 725. The van der Waals surface area contributed by atoms with Gasteiger partial charge < -0.3 is 14.6 Å². The summed E-state index contributed by atoms with van der Waals surface area (Å²) >= 11 is 0. The molecule has 2 aromatic rings. The Kier molecular flexibility index (Phi) is 5.79. The van der Waals surface area contributed by atoms with Gasteiger partial charge in [0, 0.05) is 5.56 Å². The van der Waals surface area contributed by atoms with E-state index in [9.17, 15) is 9.90 Å². The van der Waals surface area contributed by atoms with Crippen molar-refractivity contribution in [3.63, 3.8) is 0 Å². The molecule has 0 amide bonds. The van der Waals surface area contributed by atoms with Gasteiger partial charge in [-0.1, -0.05) is 20.8 Å². The lowest BCUT2D eigenvalue weighted by Gasteiger charge is -2.15. The number of pyridine rings is 1. The van der Waals surface area contributed by atoms with E-state index in [0.717, 1.165) is 12.0 Å². The van der Waals surface area contributed by atoms with Crippen molar-refractivity contribution in [2.75, 3.05) is 13.7 Å². The molecule has 0 aliphatic rings. The zero-order chi connectivity index (χ0) is 17.7. The molecule has 5 heteroatoms. The first-order chi connectivity index (χ1) is 11.5. The molecule has 1 heterocycles. The maximum atomic E-state index is 11.4. The molecule has 0 saturated heterocycles. The Morgan fingerprint density at radius 1 is 1.25 bits per heavy atom. The number of ether oxygens (including phenoxy) is 2. The average molecular weight is 329 g/mol. The van der Waals surface area contributed by atoms with Crippen LogP contribution in [0, 0.1) is 0 Å². The number of carboxylic acids is 1. The third-order valence-corrected chi connectivity index (χ3v) is 3.63. The summed E-state index contributed by atoms with van der Waals surface area (Å²) in [4.78, 5) is 16.0. The second-order valence-electron chi connectivity index (χ2n) is 5.80. The van der Waals surface area contributed by atoms with E-state index >= 15 is 0 Å². The first-order valence-electron chi connectivity index (χ1n) is 8.03. The van der Waals surface area contributed by atoms with E-state index in [1.165, 1.54) is 0 Å².